The molecular formula is C12H21NO3. The molecule has 0 aliphatic carbocycles. The van der Waals surface area contributed by atoms with Gasteiger partial charge >= 0.3 is 6.09 Å². The topological polar surface area (TPSA) is 46.6 Å². The van der Waals surface area contributed by atoms with E-state index in [1.807, 2.05) is 20.8 Å². The third-order valence-corrected chi connectivity index (χ3v) is 2.65. The van der Waals surface area contributed by atoms with Gasteiger partial charge in [-0.15, -0.1) is 0 Å². The number of hydrogen-bond acceptors (Lipinski definition) is 3. The first-order chi connectivity index (χ1) is 7.29. The molecule has 1 fully saturated rings. The largest absolute Gasteiger partial charge is 0.444 e. The highest BCUT2D eigenvalue weighted by atomic mass is 16.6. The van der Waals surface area contributed by atoms with Gasteiger partial charge in [0.05, 0.1) is 0 Å². The second-order valence-corrected chi connectivity index (χ2v) is 5.38. The summed E-state index contributed by atoms with van der Waals surface area (Å²) in [4.78, 5) is 24.7. The lowest BCUT2D eigenvalue weighted by molar-refractivity contribution is -0.122. The molecule has 92 valence electrons. The van der Waals surface area contributed by atoms with E-state index in [-0.39, 0.29) is 17.8 Å². The quantitative estimate of drug-likeness (QED) is 0.690. The maximum absolute atomic E-state index is 11.8. The molecule has 1 aliphatic rings. The second kappa shape index (κ2) is 4.85. The van der Waals surface area contributed by atoms with Gasteiger partial charge in [0.25, 0.3) is 0 Å². The van der Waals surface area contributed by atoms with E-state index in [0.717, 1.165) is 12.8 Å². The van der Waals surface area contributed by atoms with Gasteiger partial charge in [0.2, 0.25) is 0 Å². The fraction of sp³-hybridized carbons (Fsp3) is 0.833. The molecule has 1 aliphatic heterocycles. The third kappa shape index (κ3) is 3.83. The third-order valence-electron chi connectivity index (χ3n) is 2.65. The predicted molar refractivity (Wildman–Crippen MR) is 61.2 cm³/mol. The Morgan fingerprint density at radius 3 is 2.44 bits per heavy atom. The predicted octanol–water partition coefficient (Wildman–Crippen LogP) is 2.22. The van der Waals surface area contributed by atoms with Crippen molar-refractivity contribution in [3.05, 3.63) is 0 Å². The van der Waals surface area contributed by atoms with Crippen LogP contribution >= 0.6 is 0 Å². The molecular weight excluding hydrogens is 206 g/mol. The Hall–Kier alpha value is -1.06. The summed E-state index contributed by atoms with van der Waals surface area (Å²) in [6.45, 7) is 8.32. The van der Waals surface area contributed by atoms with Crippen molar-refractivity contribution in [3.63, 3.8) is 0 Å². The first kappa shape index (κ1) is 13.0. The van der Waals surface area contributed by atoms with E-state index in [1.54, 1.807) is 11.8 Å². The Morgan fingerprint density at radius 1 is 1.31 bits per heavy atom. The molecule has 0 radical (unpaired) electrons. The molecule has 0 spiro atoms. The molecule has 4 nitrogen and oxygen atoms in total. The van der Waals surface area contributed by atoms with Gasteiger partial charge in [-0.25, -0.2) is 4.79 Å². The first-order valence-corrected chi connectivity index (χ1v) is 5.78. The van der Waals surface area contributed by atoms with E-state index in [1.165, 1.54) is 0 Å². The van der Waals surface area contributed by atoms with E-state index in [2.05, 4.69) is 0 Å². The molecule has 1 atom stereocenters. The number of Topliss-reactive ketones (excluding diaryl/α,β-unsaturated/α-hetero) is 1. The number of hydrogen-bond donors (Lipinski definition) is 0. The van der Waals surface area contributed by atoms with Crippen molar-refractivity contribution in [2.45, 2.75) is 46.1 Å². The van der Waals surface area contributed by atoms with Gasteiger partial charge in [0, 0.05) is 19.0 Å². The van der Waals surface area contributed by atoms with Crippen LogP contribution < -0.4 is 0 Å². The van der Waals surface area contributed by atoms with Gasteiger partial charge in [-0.2, -0.15) is 0 Å². The zero-order valence-electron chi connectivity index (χ0n) is 10.6. The van der Waals surface area contributed by atoms with Crippen LogP contribution in [-0.4, -0.2) is 35.5 Å². The van der Waals surface area contributed by atoms with E-state index in [9.17, 15) is 9.59 Å². The number of ether oxygens (including phenoxy) is 1. The molecule has 1 rings (SSSR count). The average Bonchev–Trinajstić information content (AvgIpc) is 2.15. The Bertz CT molecular complexity index is 280. The molecule has 0 aromatic rings. The monoisotopic (exact) mass is 227 g/mol. The smallest absolute Gasteiger partial charge is 0.410 e. The van der Waals surface area contributed by atoms with Crippen molar-refractivity contribution in [1.82, 2.24) is 4.90 Å². The highest BCUT2D eigenvalue weighted by Gasteiger charge is 2.29. The fourth-order valence-electron chi connectivity index (χ4n) is 1.80. The minimum Gasteiger partial charge on any atom is -0.444 e. The highest BCUT2D eigenvalue weighted by molar-refractivity contribution is 5.79. The summed E-state index contributed by atoms with van der Waals surface area (Å²) >= 11 is 0. The van der Waals surface area contributed by atoms with Crippen LogP contribution in [0.2, 0.25) is 0 Å². The molecule has 1 amide bonds. The summed E-state index contributed by atoms with van der Waals surface area (Å²) < 4.78 is 5.28. The summed E-state index contributed by atoms with van der Waals surface area (Å²) in [7, 11) is 0. The number of carbonyl (C=O) groups excluding carboxylic acids is 2. The van der Waals surface area contributed by atoms with Gasteiger partial charge in [0.15, 0.2) is 0 Å². The van der Waals surface area contributed by atoms with E-state index < -0.39 is 5.60 Å². The lowest BCUT2D eigenvalue weighted by Gasteiger charge is -2.33. The number of nitrogens with zero attached hydrogens (tertiary/aromatic N) is 1. The lowest BCUT2D eigenvalue weighted by atomic mass is 9.95. The van der Waals surface area contributed by atoms with Gasteiger partial charge < -0.3 is 9.64 Å². The van der Waals surface area contributed by atoms with Crippen LogP contribution in [0.1, 0.15) is 40.5 Å². The van der Waals surface area contributed by atoms with E-state index in [4.69, 9.17) is 4.74 Å². The fourth-order valence-corrected chi connectivity index (χ4v) is 1.80. The second-order valence-electron chi connectivity index (χ2n) is 5.38. The zero-order valence-corrected chi connectivity index (χ0v) is 10.6. The molecule has 1 heterocycles. The summed E-state index contributed by atoms with van der Waals surface area (Å²) in [5.41, 5.74) is -0.472. The van der Waals surface area contributed by atoms with Crippen molar-refractivity contribution in [1.29, 1.82) is 0 Å². The summed E-state index contributed by atoms with van der Waals surface area (Å²) in [6, 6.07) is 0. The molecule has 0 N–H and O–H groups in total. The Morgan fingerprint density at radius 2 is 1.94 bits per heavy atom. The van der Waals surface area contributed by atoms with Crippen LogP contribution in [0.15, 0.2) is 0 Å². The van der Waals surface area contributed by atoms with Crippen LogP contribution in [0.3, 0.4) is 0 Å². The normalized spacial score (nSPS) is 21.8. The average molecular weight is 227 g/mol. The van der Waals surface area contributed by atoms with E-state index >= 15 is 0 Å². The molecule has 0 aromatic carbocycles. The van der Waals surface area contributed by atoms with Crippen molar-refractivity contribution in [2.24, 2.45) is 5.92 Å². The number of amides is 1. The summed E-state index contributed by atoms with van der Waals surface area (Å²) in [5.74, 6) is 0.148. The Labute approximate surface area is 96.9 Å². The van der Waals surface area contributed by atoms with Crippen molar-refractivity contribution < 1.29 is 14.3 Å². The van der Waals surface area contributed by atoms with Gasteiger partial charge in [-0.1, -0.05) is 0 Å². The molecule has 0 aromatic heterocycles. The molecule has 1 saturated heterocycles. The number of likely N-dealkylation sites (tertiary alicyclic amines) is 1. The summed E-state index contributed by atoms with van der Waals surface area (Å²) in [6.07, 6.45) is 1.46. The van der Waals surface area contributed by atoms with Gasteiger partial charge in [0.1, 0.15) is 11.4 Å². The van der Waals surface area contributed by atoms with Crippen LogP contribution in [-0.2, 0) is 9.53 Å². The SMILES string of the molecule is CC(=O)[C@H]1CCCN(C(=O)OC(C)(C)C)C1. The minimum absolute atomic E-state index is 0.0127. The minimum atomic E-state index is -0.472. The number of rotatable bonds is 1. The lowest BCUT2D eigenvalue weighted by Crippen LogP contribution is -2.44. The van der Waals surface area contributed by atoms with Gasteiger partial charge in [-0.3, -0.25) is 4.79 Å². The standard InChI is InChI=1S/C12H21NO3/c1-9(14)10-6-5-7-13(8-10)11(15)16-12(2,3)4/h10H,5-8H2,1-4H3/t10-/m0/s1. The van der Waals surface area contributed by atoms with Crippen LogP contribution in [0.5, 0.6) is 0 Å². The highest BCUT2D eigenvalue weighted by Crippen LogP contribution is 2.19. The van der Waals surface area contributed by atoms with Crippen LogP contribution in [0.25, 0.3) is 0 Å². The van der Waals surface area contributed by atoms with Gasteiger partial charge in [-0.05, 0) is 40.5 Å². The first-order valence-electron chi connectivity index (χ1n) is 5.78. The maximum Gasteiger partial charge on any atom is 0.410 e. The van der Waals surface area contributed by atoms with Crippen molar-refractivity contribution in [3.8, 4) is 0 Å². The molecule has 4 heteroatoms. The summed E-state index contributed by atoms with van der Waals surface area (Å²) in [5, 5.41) is 0. The maximum atomic E-state index is 11.8. The number of piperidine rings is 1. The van der Waals surface area contributed by atoms with E-state index in [0.29, 0.717) is 13.1 Å². The van der Waals surface area contributed by atoms with Crippen molar-refractivity contribution >= 4 is 11.9 Å². The Kier molecular flexibility index (Phi) is 3.94. The Balaban J connectivity index is 2.54. The molecule has 0 saturated carbocycles. The number of carbonyl (C=O) groups is 2. The molecule has 0 bridgehead atoms. The zero-order chi connectivity index (χ0) is 12.3. The molecule has 16 heavy (non-hydrogen) atoms. The van der Waals surface area contributed by atoms with Crippen LogP contribution in [0.4, 0.5) is 4.79 Å². The molecule has 0 unspecified atom stereocenters. The number of ketones is 1. The van der Waals surface area contributed by atoms with Crippen molar-refractivity contribution in [2.75, 3.05) is 13.1 Å². The van der Waals surface area contributed by atoms with Crippen LogP contribution in [0, 0.1) is 5.92 Å².